The minimum atomic E-state index is -0.702. The van der Waals surface area contributed by atoms with Crippen molar-refractivity contribution >= 4 is 17.6 Å². The van der Waals surface area contributed by atoms with Crippen molar-refractivity contribution in [2.45, 2.75) is 20.8 Å². The predicted octanol–water partition coefficient (Wildman–Crippen LogP) is 0.434. The highest BCUT2D eigenvalue weighted by molar-refractivity contribution is 6.32. The molecule has 0 saturated heterocycles. The van der Waals surface area contributed by atoms with Gasteiger partial charge in [-0.15, -0.1) is 9.36 Å². The van der Waals surface area contributed by atoms with E-state index in [1.54, 1.807) is 14.0 Å². The van der Waals surface area contributed by atoms with Crippen LogP contribution < -0.4 is 5.69 Å². The van der Waals surface area contributed by atoms with E-state index >= 15 is 0 Å². The SMILES string of the molecule is CCN(CC)C(=O)n1nnn(-c2nn(C)c(C)c2Cl)c1=O. The summed E-state index contributed by atoms with van der Waals surface area (Å²) in [5.41, 5.74) is -0.0184. The Labute approximate surface area is 125 Å². The van der Waals surface area contributed by atoms with Crippen LogP contribution in [0, 0.1) is 6.92 Å². The Morgan fingerprint density at radius 1 is 1.29 bits per heavy atom. The monoisotopic (exact) mass is 313 g/mol. The van der Waals surface area contributed by atoms with Gasteiger partial charge in [0.25, 0.3) is 0 Å². The summed E-state index contributed by atoms with van der Waals surface area (Å²) in [6.45, 7) is 6.33. The molecule has 0 saturated carbocycles. The smallest absolute Gasteiger partial charge is 0.323 e. The Hall–Kier alpha value is -2.16. The third-order valence-electron chi connectivity index (χ3n) is 3.24. The van der Waals surface area contributed by atoms with Crippen molar-refractivity contribution in [1.29, 1.82) is 0 Å². The minimum Gasteiger partial charge on any atom is -0.323 e. The van der Waals surface area contributed by atoms with Crippen LogP contribution >= 0.6 is 11.6 Å². The number of aryl methyl sites for hydroxylation is 1. The van der Waals surface area contributed by atoms with E-state index in [-0.39, 0.29) is 5.82 Å². The zero-order chi connectivity index (χ0) is 15.7. The topological polar surface area (TPSA) is 90.8 Å². The highest BCUT2D eigenvalue weighted by Crippen LogP contribution is 2.20. The lowest BCUT2D eigenvalue weighted by Crippen LogP contribution is -2.40. The van der Waals surface area contributed by atoms with E-state index in [2.05, 4.69) is 15.5 Å². The molecule has 0 N–H and O–H groups in total. The lowest BCUT2D eigenvalue weighted by atomic mass is 10.4. The van der Waals surface area contributed by atoms with Crippen LogP contribution in [0.2, 0.25) is 5.02 Å². The first-order valence-electron chi connectivity index (χ1n) is 6.46. The summed E-state index contributed by atoms with van der Waals surface area (Å²) in [6.07, 6.45) is 0. The highest BCUT2D eigenvalue weighted by Gasteiger charge is 2.22. The fourth-order valence-electron chi connectivity index (χ4n) is 1.83. The maximum atomic E-state index is 12.3. The summed E-state index contributed by atoms with van der Waals surface area (Å²) in [5, 5.41) is 11.7. The summed E-state index contributed by atoms with van der Waals surface area (Å²) in [4.78, 5) is 25.9. The molecular formula is C11H16ClN7O2. The Balaban J connectivity index is 2.49. The van der Waals surface area contributed by atoms with Gasteiger partial charge in [0.15, 0.2) is 0 Å². The molecule has 0 spiro atoms. The van der Waals surface area contributed by atoms with Gasteiger partial charge in [0.05, 0.1) is 5.69 Å². The van der Waals surface area contributed by atoms with Crippen LogP contribution in [0.1, 0.15) is 19.5 Å². The molecule has 0 aliphatic heterocycles. The molecule has 21 heavy (non-hydrogen) atoms. The van der Waals surface area contributed by atoms with Crippen LogP contribution in [-0.2, 0) is 7.05 Å². The second kappa shape index (κ2) is 5.68. The maximum Gasteiger partial charge on any atom is 0.378 e. The molecule has 2 heterocycles. The molecule has 2 rings (SSSR count). The van der Waals surface area contributed by atoms with Crippen LogP contribution in [0.4, 0.5) is 4.79 Å². The normalized spacial score (nSPS) is 10.9. The van der Waals surface area contributed by atoms with Crippen molar-refractivity contribution in [3.8, 4) is 5.82 Å². The molecule has 10 heteroatoms. The molecule has 2 aromatic heterocycles. The molecule has 114 valence electrons. The predicted molar refractivity (Wildman–Crippen MR) is 75.8 cm³/mol. The van der Waals surface area contributed by atoms with Crippen LogP contribution in [0.5, 0.6) is 0 Å². The van der Waals surface area contributed by atoms with Gasteiger partial charge in [-0.1, -0.05) is 11.6 Å². The Morgan fingerprint density at radius 3 is 2.38 bits per heavy atom. The zero-order valence-electron chi connectivity index (χ0n) is 12.2. The Kier molecular flexibility index (Phi) is 4.12. The number of carbonyl (C=O) groups excluding carboxylic acids is 1. The van der Waals surface area contributed by atoms with Gasteiger partial charge < -0.3 is 4.90 Å². The quantitative estimate of drug-likeness (QED) is 0.767. The molecule has 9 nitrogen and oxygen atoms in total. The first kappa shape index (κ1) is 15.2. The second-order valence-corrected chi connectivity index (χ2v) is 4.76. The van der Waals surface area contributed by atoms with Crippen molar-refractivity contribution < 1.29 is 4.79 Å². The maximum absolute atomic E-state index is 12.3. The summed E-state index contributed by atoms with van der Waals surface area (Å²) in [5.74, 6) is 0.153. The first-order chi connectivity index (χ1) is 9.92. The van der Waals surface area contributed by atoms with Gasteiger partial charge in [-0.2, -0.15) is 5.10 Å². The highest BCUT2D eigenvalue weighted by atomic mass is 35.5. The molecule has 0 aromatic carbocycles. The van der Waals surface area contributed by atoms with E-state index in [0.717, 1.165) is 4.68 Å². The molecular weight excluding hydrogens is 298 g/mol. The van der Waals surface area contributed by atoms with E-state index in [0.29, 0.717) is 28.5 Å². The number of aromatic nitrogens is 6. The van der Waals surface area contributed by atoms with Crippen molar-refractivity contribution in [1.82, 2.24) is 34.5 Å². The van der Waals surface area contributed by atoms with Crippen molar-refractivity contribution in [3.63, 3.8) is 0 Å². The fraction of sp³-hybridized carbons (Fsp3) is 0.545. The van der Waals surface area contributed by atoms with Crippen LogP contribution in [0.25, 0.3) is 5.82 Å². The van der Waals surface area contributed by atoms with Gasteiger partial charge in [0.2, 0.25) is 5.82 Å². The molecule has 0 bridgehead atoms. The lowest BCUT2D eigenvalue weighted by Gasteiger charge is -2.16. The van der Waals surface area contributed by atoms with E-state index in [9.17, 15) is 9.59 Å². The van der Waals surface area contributed by atoms with Gasteiger partial charge in [0.1, 0.15) is 5.02 Å². The lowest BCUT2D eigenvalue weighted by molar-refractivity contribution is 0.200. The van der Waals surface area contributed by atoms with Gasteiger partial charge in [-0.3, -0.25) is 4.68 Å². The minimum absolute atomic E-state index is 0.153. The Bertz CT molecular complexity index is 725. The second-order valence-electron chi connectivity index (χ2n) is 4.39. The first-order valence-corrected chi connectivity index (χ1v) is 6.83. The number of halogens is 1. The van der Waals surface area contributed by atoms with E-state index in [1.807, 2.05) is 13.8 Å². The average Bonchev–Trinajstić information content (AvgIpc) is 2.95. The summed E-state index contributed by atoms with van der Waals surface area (Å²) >= 11 is 6.11. The van der Waals surface area contributed by atoms with Gasteiger partial charge in [-0.25, -0.2) is 9.59 Å². The molecule has 1 amide bonds. The summed E-state index contributed by atoms with van der Waals surface area (Å²) in [7, 11) is 1.70. The van der Waals surface area contributed by atoms with E-state index < -0.39 is 11.7 Å². The molecule has 0 unspecified atom stereocenters. The van der Waals surface area contributed by atoms with E-state index in [1.165, 1.54) is 9.58 Å². The van der Waals surface area contributed by atoms with Gasteiger partial charge >= 0.3 is 11.7 Å². The summed E-state index contributed by atoms with van der Waals surface area (Å²) < 4.78 is 3.14. The molecule has 0 atom stereocenters. The zero-order valence-corrected chi connectivity index (χ0v) is 13.0. The van der Waals surface area contributed by atoms with Gasteiger partial charge in [0, 0.05) is 20.1 Å². The van der Waals surface area contributed by atoms with E-state index in [4.69, 9.17) is 11.6 Å². The third kappa shape index (κ3) is 2.44. The molecule has 0 fully saturated rings. The van der Waals surface area contributed by atoms with Crippen molar-refractivity contribution in [3.05, 3.63) is 21.2 Å². The number of amides is 1. The third-order valence-corrected chi connectivity index (χ3v) is 3.68. The number of hydrogen-bond donors (Lipinski definition) is 0. The van der Waals surface area contributed by atoms with Crippen molar-refractivity contribution in [2.75, 3.05) is 13.1 Å². The standard InChI is InChI=1S/C11H16ClN7O2/c1-5-17(6-2)10(20)19-11(21)18(14-15-19)9-8(12)7(3)16(4)13-9/h5-6H2,1-4H3. The van der Waals surface area contributed by atoms with Crippen LogP contribution in [0.15, 0.2) is 4.79 Å². The molecule has 2 aromatic rings. The number of rotatable bonds is 3. The Morgan fingerprint density at radius 2 is 1.90 bits per heavy atom. The molecule has 0 radical (unpaired) electrons. The fourth-order valence-corrected chi connectivity index (χ4v) is 2.07. The molecule has 0 aliphatic carbocycles. The summed E-state index contributed by atoms with van der Waals surface area (Å²) in [6, 6.07) is -0.528. The van der Waals surface area contributed by atoms with Crippen molar-refractivity contribution in [2.24, 2.45) is 7.05 Å². The number of nitrogens with zero attached hydrogens (tertiary/aromatic N) is 7. The number of carbonyl (C=O) groups is 1. The largest absolute Gasteiger partial charge is 0.378 e. The van der Waals surface area contributed by atoms with Crippen LogP contribution in [-0.4, -0.2) is 53.6 Å². The van der Waals surface area contributed by atoms with Crippen LogP contribution in [0.3, 0.4) is 0 Å². The van der Waals surface area contributed by atoms with Gasteiger partial charge in [-0.05, 0) is 31.2 Å². The molecule has 0 aliphatic rings. The number of hydrogen-bond acceptors (Lipinski definition) is 5. The average molecular weight is 314 g/mol. The number of tetrazole rings is 1.